The molecule has 12 heavy (non-hydrogen) atoms. The molecule has 2 rings (SSSR count). The van der Waals surface area contributed by atoms with Crippen LogP contribution in [0.25, 0.3) is 5.52 Å². The lowest BCUT2D eigenvalue weighted by atomic mass is 10.3. The van der Waals surface area contributed by atoms with Crippen molar-refractivity contribution in [3.8, 4) is 6.07 Å². The highest BCUT2D eigenvalue weighted by atomic mass is 15.2. The Kier molecular flexibility index (Phi) is 1.49. The summed E-state index contributed by atoms with van der Waals surface area (Å²) in [6.07, 6.45) is 5.43. The van der Waals surface area contributed by atoms with E-state index < -0.39 is 0 Å². The van der Waals surface area contributed by atoms with Crippen LogP contribution >= 0.6 is 0 Å². The summed E-state index contributed by atoms with van der Waals surface area (Å²) < 4.78 is 1.71. The number of hydrogen-bond donors (Lipinski definition) is 0. The molecule has 0 atom stereocenters. The minimum Gasteiger partial charge on any atom is -0.256 e. The fourth-order valence-corrected chi connectivity index (χ4v) is 1.13. The molecule has 2 heterocycles. The number of hydrogen-bond acceptors (Lipinski definition) is 3. The van der Waals surface area contributed by atoms with E-state index in [0.29, 0.717) is 6.42 Å². The summed E-state index contributed by atoms with van der Waals surface area (Å²) in [6.45, 7) is 0. The standard InChI is InChI=1S/C8H6N4/c9-3-1-7-8-2-4-11-12(8)6-5-10-7/h2,4-6H,1H2. The maximum absolute atomic E-state index is 8.50. The molecule has 0 N–H and O–H groups in total. The molecule has 0 aliphatic carbocycles. The summed E-state index contributed by atoms with van der Waals surface area (Å²) in [5, 5.41) is 12.5. The second kappa shape index (κ2) is 2.62. The van der Waals surface area contributed by atoms with Gasteiger partial charge in [0, 0.05) is 12.4 Å². The van der Waals surface area contributed by atoms with Crippen LogP contribution < -0.4 is 0 Å². The summed E-state index contributed by atoms with van der Waals surface area (Å²) in [4.78, 5) is 4.09. The van der Waals surface area contributed by atoms with E-state index >= 15 is 0 Å². The van der Waals surface area contributed by atoms with Crippen molar-refractivity contribution < 1.29 is 0 Å². The van der Waals surface area contributed by atoms with E-state index in [1.165, 1.54) is 0 Å². The molecule has 4 nitrogen and oxygen atoms in total. The van der Waals surface area contributed by atoms with Crippen molar-refractivity contribution >= 4 is 5.52 Å². The van der Waals surface area contributed by atoms with Gasteiger partial charge in [-0.1, -0.05) is 0 Å². The van der Waals surface area contributed by atoms with Crippen LogP contribution in [0.4, 0.5) is 0 Å². The van der Waals surface area contributed by atoms with Crippen LogP contribution in [-0.2, 0) is 6.42 Å². The first-order chi connectivity index (χ1) is 5.92. The molecule has 0 radical (unpaired) electrons. The fourth-order valence-electron chi connectivity index (χ4n) is 1.13. The predicted molar refractivity (Wildman–Crippen MR) is 42.3 cm³/mol. The van der Waals surface area contributed by atoms with Gasteiger partial charge in [-0.25, -0.2) is 4.52 Å². The van der Waals surface area contributed by atoms with Gasteiger partial charge in [-0.05, 0) is 6.07 Å². The SMILES string of the molecule is N#CCc1nccn2nccc12. The van der Waals surface area contributed by atoms with Crippen LogP contribution in [0, 0.1) is 11.3 Å². The second-order valence-electron chi connectivity index (χ2n) is 2.37. The second-order valence-corrected chi connectivity index (χ2v) is 2.37. The molecule has 0 unspecified atom stereocenters. The molecule has 0 saturated carbocycles. The first-order valence-electron chi connectivity index (χ1n) is 3.56. The van der Waals surface area contributed by atoms with Gasteiger partial charge in [0.1, 0.15) is 0 Å². The molecule has 0 bridgehead atoms. The Balaban J connectivity index is 2.67. The van der Waals surface area contributed by atoms with Crippen LogP contribution in [0.2, 0.25) is 0 Å². The van der Waals surface area contributed by atoms with Crippen LogP contribution in [-0.4, -0.2) is 14.6 Å². The van der Waals surface area contributed by atoms with Crippen LogP contribution in [0.1, 0.15) is 5.69 Å². The van der Waals surface area contributed by atoms with Crippen LogP contribution in [0.15, 0.2) is 24.7 Å². The van der Waals surface area contributed by atoms with Gasteiger partial charge < -0.3 is 0 Å². The predicted octanol–water partition coefficient (Wildman–Crippen LogP) is 0.795. The lowest BCUT2D eigenvalue weighted by Gasteiger charge is -1.95. The van der Waals surface area contributed by atoms with Crippen molar-refractivity contribution in [3.05, 3.63) is 30.4 Å². The van der Waals surface area contributed by atoms with Crippen LogP contribution in [0.3, 0.4) is 0 Å². The Morgan fingerprint density at radius 1 is 1.50 bits per heavy atom. The van der Waals surface area contributed by atoms with Gasteiger partial charge in [0.25, 0.3) is 0 Å². The van der Waals surface area contributed by atoms with Crippen molar-refractivity contribution in [2.24, 2.45) is 0 Å². The van der Waals surface area contributed by atoms with Gasteiger partial charge >= 0.3 is 0 Å². The van der Waals surface area contributed by atoms with E-state index in [1.807, 2.05) is 6.07 Å². The maximum atomic E-state index is 8.50. The zero-order chi connectivity index (χ0) is 8.39. The number of rotatable bonds is 1. The maximum Gasteiger partial charge on any atom is 0.0887 e. The highest BCUT2D eigenvalue weighted by Gasteiger charge is 2.00. The third kappa shape index (κ3) is 0.920. The van der Waals surface area contributed by atoms with Gasteiger partial charge in [0.05, 0.1) is 29.9 Å². The van der Waals surface area contributed by atoms with E-state index in [9.17, 15) is 0 Å². The highest BCUT2D eigenvalue weighted by Crippen LogP contribution is 2.06. The molecule has 2 aromatic rings. The topological polar surface area (TPSA) is 54.0 Å². The van der Waals surface area contributed by atoms with E-state index in [2.05, 4.69) is 16.2 Å². The quantitative estimate of drug-likeness (QED) is 0.616. The lowest BCUT2D eigenvalue weighted by Crippen LogP contribution is -1.94. The molecule has 58 valence electrons. The molecule has 0 fully saturated rings. The Hall–Kier alpha value is -1.89. The summed E-state index contributed by atoms with van der Waals surface area (Å²) in [7, 11) is 0. The van der Waals surface area contributed by atoms with E-state index in [1.54, 1.807) is 23.1 Å². The molecule has 2 aromatic heterocycles. The Bertz CT molecular complexity index is 437. The molecule has 0 aromatic carbocycles. The normalized spacial score (nSPS) is 9.92. The number of fused-ring (bicyclic) bond motifs is 1. The average Bonchev–Trinajstić information content (AvgIpc) is 2.53. The molecule has 0 aliphatic heterocycles. The highest BCUT2D eigenvalue weighted by molar-refractivity contribution is 5.50. The largest absolute Gasteiger partial charge is 0.256 e. The molecular formula is C8H6N4. The zero-order valence-corrected chi connectivity index (χ0v) is 6.31. The van der Waals surface area contributed by atoms with E-state index in [4.69, 9.17) is 5.26 Å². The summed E-state index contributed by atoms with van der Waals surface area (Å²) in [6, 6.07) is 3.91. The minimum atomic E-state index is 0.329. The number of nitriles is 1. The Labute approximate surface area is 69.1 Å². The minimum absolute atomic E-state index is 0.329. The van der Waals surface area contributed by atoms with Crippen molar-refractivity contribution in [1.82, 2.24) is 14.6 Å². The van der Waals surface area contributed by atoms with Gasteiger partial charge in [0.2, 0.25) is 0 Å². The zero-order valence-electron chi connectivity index (χ0n) is 6.31. The molecule has 0 aliphatic rings. The molecule has 0 amide bonds. The van der Waals surface area contributed by atoms with Crippen LogP contribution in [0.5, 0.6) is 0 Å². The Morgan fingerprint density at radius 2 is 2.42 bits per heavy atom. The van der Waals surface area contributed by atoms with Crippen molar-refractivity contribution in [3.63, 3.8) is 0 Å². The molecule has 4 heteroatoms. The van der Waals surface area contributed by atoms with Gasteiger partial charge in [-0.15, -0.1) is 0 Å². The monoisotopic (exact) mass is 158 g/mol. The van der Waals surface area contributed by atoms with Crippen molar-refractivity contribution in [1.29, 1.82) is 5.26 Å². The molecule has 0 saturated heterocycles. The first-order valence-corrected chi connectivity index (χ1v) is 3.56. The smallest absolute Gasteiger partial charge is 0.0887 e. The van der Waals surface area contributed by atoms with E-state index in [0.717, 1.165) is 11.2 Å². The average molecular weight is 158 g/mol. The molecule has 0 spiro atoms. The fraction of sp³-hybridized carbons (Fsp3) is 0.125. The van der Waals surface area contributed by atoms with Crippen molar-refractivity contribution in [2.45, 2.75) is 6.42 Å². The van der Waals surface area contributed by atoms with Gasteiger partial charge in [-0.3, -0.25) is 4.98 Å². The third-order valence-electron chi connectivity index (χ3n) is 1.65. The molecular weight excluding hydrogens is 152 g/mol. The van der Waals surface area contributed by atoms with Gasteiger partial charge in [0.15, 0.2) is 0 Å². The number of aromatic nitrogens is 3. The van der Waals surface area contributed by atoms with Gasteiger partial charge in [-0.2, -0.15) is 10.4 Å². The summed E-state index contributed by atoms with van der Waals surface area (Å²) >= 11 is 0. The third-order valence-corrected chi connectivity index (χ3v) is 1.65. The van der Waals surface area contributed by atoms with Crippen molar-refractivity contribution in [2.75, 3.05) is 0 Å². The number of nitrogens with zero attached hydrogens (tertiary/aromatic N) is 4. The lowest BCUT2D eigenvalue weighted by molar-refractivity contribution is 0.926. The van der Waals surface area contributed by atoms with E-state index in [-0.39, 0.29) is 0 Å². The Morgan fingerprint density at radius 3 is 3.25 bits per heavy atom. The summed E-state index contributed by atoms with van der Waals surface area (Å²) in [5.74, 6) is 0. The summed E-state index contributed by atoms with van der Waals surface area (Å²) in [5.41, 5.74) is 1.68. The first kappa shape index (κ1) is 6.80.